The maximum Gasteiger partial charge on any atom is 0.343 e. The molecule has 0 saturated carbocycles. The molecule has 124 valence electrons. The lowest BCUT2D eigenvalue weighted by Crippen LogP contribution is -2.36. The third-order valence-electron chi connectivity index (χ3n) is 4.27. The van der Waals surface area contributed by atoms with Crippen LogP contribution < -0.4 is 11.0 Å². The van der Waals surface area contributed by atoms with Gasteiger partial charge in [0.25, 0.3) is 0 Å². The van der Waals surface area contributed by atoms with Gasteiger partial charge in [0.2, 0.25) is 5.91 Å². The van der Waals surface area contributed by atoms with Crippen molar-refractivity contribution in [3.63, 3.8) is 0 Å². The highest BCUT2D eigenvalue weighted by Crippen LogP contribution is 2.11. The fourth-order valence-electron chi connectivity index (χ4n) is 3.06. The van der Waals surface area contributed by atoms with Crippen molar-refractivity contribution >= 4 is 5.91 Å². The summed E-state index contributed by atoms with van der Waals surface area (Å²) < 4.78 is 3.51. The van der Waals surface area contributed by atoms with Crippen molar-refractivity contribution in [2.45, 2.75) is 58.7 Å². The molecule has 2 aromatic heterocycles. The van der Waals surface area contributed by atoms with Gasteiger partial charge in [-0.1, -0.05) is 0 Å². The summed E-state index contributed by atoms with van der Waals surface area (Å²) in [7, 11) is 0. The number of fused-ring (bicyclic) bond motifs is 1. The number of nitrogens with one attached hydrogen (secondary N) is 2. The molecule has 2 N–H and O–H groups in total. The summed E-state index contributed by atoms with van der Waals surface area (Å²) in [5, 5.41) is 13.9. The summed E-state index contributed by atoms with van der Waals surface area (Å²) in [6, 6.07) is 2.09. The van der Waals surface area contributed by atoms with Crippen LogP contribution in [-0.2, 0) is 24.3 Å². The molecule has 3 rings (SSSR count). The van der Waals surface area contributed by atoms with Gasteiger partial charge in [-0.15, -0.1) is 0 Å². The van der Waals surface area contributed by atoms with E-state index in [4.69, 9.17) is 0 Å². The van der Waals surface area contributed by atoms with Crippen molar-refractivity contribution in [2.24, 2.45) is 0 Å². The molecule has 0 radical (unpaired) electrons. The van der Waals surface area contributed by atoms with E-state index < -0.39 is 0 Å². The fourth-order valence-corrected chi connectivity index (χ4v) is 3.06. The van der Waals surface area contributed by atoms with Gasteiger partial charge in [-0.05, 0) is 32.8 Å². The Hall–Kier alpha value is -2.38. The Balaban J connectivity index is 1.51. The zero-order chi connectivity index (χ0) is 16.4. The van der Waals surface area contributed by atoms with Crippen LogP contribution in [0, 0.1) is 13.8 Å². The molecule has 1 aliphatic heterocycles. The minimum absolute atomic E-state index is 0.0241. The number of nitrogens with zero attached hydrogens (tertiary/aromatic N) is 4. The number of carbonyl (C=O) groups excluding carboxylic acids is 1. The second kappa shape index (κ2) is 6.39. The summed E-state index contributed by atoms with van der Waals surface area (Å²) in [5.41, 5.74) is 1.86. The van der Waals surface area contributed by atoms with Gasteiger partial charge in [0.15, 0.2) is 0 Å². The SMILES string of the molecule is Cc1cc(C)n(CCC(=O)NC2CCc3n[nH]c(=O)n3CC2)n1. The Morgan fingerprint density at radius 3 is 3.00 bits per heavy atom. The van der Waals surface area contributed by atoms with Gasteiger partial charge in [-0.25, -0.2) is 9.89 Å². The molecule has 0 bridgehead atoms. The number of carbonyl (C=O) groups is 1. The zero-order valence-corrected chi connectivity index (χ0v) is 13.5. The highest BCUT2D eigenvalue weighted by atomic mass is 16.2. The number of aromatic nitrogens is 5. The van der Waals surface area contributed by atoms with Gasteiger partial charge < -0.3 is 5.32 Å². The van der Waals surface area contributed by atoms with Crippen molar-refractivity contribution < 1.29 is 4.79 Å². The molecule has 0 fully saturated rings. The number of hydrogen-bond donors (Lipinski definition) is 2. The van der Waals surface area contributed by atoms with Crippen molar-refractivity contribution in [2.75, 3.05) is 0 Å². The molecule has 0 spiro atoms. The number of hydrogen-bond acceptors (Lipinski definition) is 4. The summed E-state index contributed by atoms with van der Waals surface area (Å²) in [4.78, 5) is 23.7. The number of aryl methyl sites for hydroxylation is 4. The normalized spacial score (nSPS) is 17.6. The van der Waals surface area contributed by atoms with Crippen molar-refractivity contribution in [3.05, 3.63) is 33.8 Å². The largest absolute Gasteiger partial charge is 0.353 e. The molecule has 1 amide bonds. The molecule has 0 aromatic carbocycles. The molecule has 2 aromatic rings. The molecular weight excluding hydrogens is 296 g/mol. The van der Waals surface area contributed by atoms with Crippen LogP contribution in [0.25, 0.3) is 0 Å². The summed E-state index contributed by atoms with van der Waals surface area (Å²) in [6.07, 6.45) is 2.65. The first-order chi connectivity index (χ1) is 11.0. The quantitative estimate of drug-likeness (QED) is 0.847. The first-order valence-electron chi connectivity index (χ1n) is 7.97. The number of H-pyrrole nitrogens is 1. The Morgan fingerprint density at radius 2 is 2.26 bits per heavy atom. The molecule has 1 atom stereocenters. The molecule has 1 aliphatic rings. The molecule has 1 unspecified atom stereocenters. The molecule has 23 heavy (non-hydrogen) atoms. The standard InChI is InChI=1S/C15H22N6O2/c1-10-9-11(2)21(19-10)8-6-14(22)16-12-3-4-13-17-18-15(23)20(13)7-5-12/h9,12H,3-8H2,1-2H3,(H,16,22)(H,18,23). The molecule has 0 aliphatic carbocycles. The first kappa shape index (κ1) is 15.5. The van der Waals surface area contributed by atoms with E-state index in [2.05, 4.69) is 20.6 Å². The maximum absolute atomic E-state index is 12.2. The van der Waals surface area contributed by atoms with Crippen LogP contribution in [-0.4, -0.2) is 36.5 Å². The Bertz CT molecular complexity index is 756. The Morgan fingerprint density at radius 1 is 1.43 bits per heavy atom. The number of aromatic amines is 1. The van der Waals surface area contributed by atoms with E-state index in [1.54, 1.807) is 4.57 Å². The average Bonchev–Trinajstić information content (AvgIpc) is 2.93. The summed E-state index contributed by atoms with van der Waals surface area (Å²) in [5.74, 6) is 0.797. The maximum atomic E-state index is 12.2. The van der Waals surface area contributed by atoms with Crippen molar-refractivity contribution in [1.29, 1.82) is 0 Å². The third-order valence-corrected chi connectivity index (χ3v) is 4.27. The fraction of sp³-hybridized carbons (Fsp3) is 0.600. The van der Waals surface area contributed by atoms with E-state index in [0.29, 0.717) is 25.9 Å². The highest BCUT2D eigenvalue weighted by Gasteiger charge is 2.20. The minimum atomic E-state index is -0.170. The van der Waals surface area contributed by atoms with E-state index in [1.807, 2.05) is 24.6 Å². The number of rotatable bonds is 4. The monoisotopic (exact) mass is 318 g/mol. The zero-order valence-electron chi connectivity index (χ0n) is 13.5. The lowest BCUT2D eigenvalue weighted by Gasteiger charge is -2.16. The van der Waals surface area contributed by atoms with E-state index in [9.17, 15) is 9.59 Å². The van der Waals surface area contributed by atoms with Gasteiger partial charge in [0.1, 0.15) is 5.82 Å². The Labute approximate surface area is 133 Å². The predicted molar refractivity (Wildman–Crippen MR) is 84.0 cm³/mol. The van der Waals surface area contributed by atoms with Crippen molar-refractivity contribution in [3.8, 4) is 0 Å². The van der Waals surface area contributed by atoms with Crippen LogP contribution in [0.3, 0.4) is 0 Å². The lowest BCUT2D eigenvalue weighted by atomic mass is 10.1. The van der Waals surface area contributed by atoms with Crippen molar-refractivity contribution in [1.82, 2.24) is 29.9 Å². The van der Waals surface area contributed by atoms with Gasteiger partial charge in [-0.3, -0.25) is 14.0 Å². The second-order valence-corrected chi connectivity index (χ2v) is 6.09. The second-order valence-electron chi connectivity index (χ2n) is 6.09. The summed E-state index contributed by atoms with van der Waals surface area (Å²) >= 11 is 0. The molecular formula is C15H22N6O2. The number of amides is 1. The predicted octanol–water partition coefficient (Wildman–Crippen LogP) is 0.296. The first-order valence-corrected chi connectivity index (χ1v) is 7.97. The van der Waals surface area contributed by atoms with Crippen LogP contribution in [0.4, 0.5) is 0 Å². The lowest BCUT2D eigenvalue weighted by molar-refractivity contribution is -0.122. The van der Waals surface area contributed by atoms with E-state index in [-0.39, 0.29) is 17.6 Å². The molecule has 0 saturated heterocycles. The minimum Gasteiger partial charge on any atom is -0.353 e. The average molecular weight is 318 g/mol. The molecule has 8 heteroatoms. The van der Waals surface area contributed by atoms with Gasteiger partial charge in [0.05, 0.1) is 5.69 Å². The van der Waals surface area contributed by atoms with Crippen LogP contribution in [0.5, 0.6) is 0 Å². The van der Waals surface area contributed by atoms with E-state index >= 15 is 0 Å². The Kier molecular flexibility index (Phi) is 4.31. The third kappa shape index (κ3) is 3.52. The highest BCUT2D eigenvalue weighted by molar-refractivity contribution is 5.76. The van der Waals surface area contributed by atoms with Gasteiger partial charge in [-0.2, -0.15) is 10.2 Å². The van der Waals surface area contributed by atoms with E-state index in [0.717, 1.165) is 30.1 Å². The smallest absolute Gasteiger partial charge is 0.343 e. The van der Waals surface area contributed by atoms with Crippen LogP contribution in [0.2, 0.25) is 0 Å². The molecule has 8 nitrogen and oxygen atoms in total. The van der Waals surface area contributed by atoms with Crippen LogP contribution in [0.15, 0.2) is 10.9 Å². The summed E-state index contributed by atoms with van der Waals surface area (Å²) in [6.45, 7) is 5.11. The van der Waals surface area contributed by atoms with E-state index in [1.165, 1.54) is 0 Å². The van der Waals surface area contributed by atoms with Gasteiger partial charge in [0, 0.05) is 37.7 Å². The van der Waals surface area contributed by atoms with Crippen LogP contribution >= 0.6 is 0 Å². The molecule has 3 heterocycles. The topological polar surface area (TPSA) is 97.6 Å². The van der Waals surface area contributed by atoms with Crippen LogP contribution in [0.1, 0.15) is 36.5 Å². The van der Waals surface area contributed by atoms with Gasteiger partial charge >= 0.3 is 5.69 Å².